The second kappa shape index (κ2) is 10.2. The lowest BCUT2D eigenvalue weighted by Gasteiger charge is -2.28. The van der Waals surface area contributed by atoms with E-state index in [0.717, 1.165) is 22.0 Å². The van der Waals surface area contributed by atoms with Gasteiger partial charge >= 0.3 is 5.69 Å². The summed E-state index contributed by atoms with van der Waals surface area (Å²) in [5.74, 6) is -0.848. The topological polar surface area (TPSA) is 120 Å². The Hall–Kier alpha value is -3.77. The summed E-state index contributed by atoms with van der Waals surface area (Å²) in [7, 11) is 1.39. The van der Waals surface area contributed by atoms with Crippen molar-refractivity contribution in [2.45, 2.75) is 58.8 Å². The highest BCUT2D eigenvalue weighted by molar-refractivity contribution is 7.21. The van der Waals surface area contributed by atoms with Gasteiger partial charge in [-0.2, -0.15) is 5.10 Å². The van der Waals surface area contributed by atoms with Crippen LogP contribution >= 0.6 is 11.3 Å². The minimum atomic E-state index is -1.56. The SMILES string of the molecule is COc1ccc(F)cc1[C@@H](O)Cn1c(=O)n(C(C)(C)C(=O)NC(C)C)c(=O)c2c(C)c(-n3cccn3)sc21. The van der Waals surface area contributed by atoms with Gasteiger partial charge in [0.15, 0.2) is 0 Å². The van der Waals surface area contributed by atoms with Crippen LogP contribution in [0.1, 0.15) is 44.9 Å². The molecule has 0 fully saturated rings. The summed E-state index contributed by atoms with van der Waals surface area (Å²) in [6.45, 7) is 7.96. The maximum Gasteiger partial charge on any atom is 0.333 e. The van der Waals surface area contributed by atoms with Gasteiger partial charge in [0.05, 0.1) is 19.0 Å². The van der Waals surface area contributed by atoms with E-state index in [1.54, 1.807) is 43.9 Å². The van der Waals surface area contributed by atoms with Crippen LogP contribution in [-0.4, -0.2) is 43.1 Å². The van der Waals surface area contributed by atoms with Crippen LogP contribution in [0.25, 0.3) is 15.2 Å². The molecule has 0 unspecified atom stereocenters. The first kappa shape index (κ1) is 27.3. The number of thiophene rings is 1. The highest BCUT2D eigenvalue weighted by Gasteiger charge is 2.36. The van der Waals surface area contributed by atoms with Crippen molar-refractivity contribution in [3.8, 4) is 10.8 Å². The summed E-state index contributed by atoms with van der Waals surface area (Å²) in [6, 6.07) is 5.23. The Bertz CT molecular complexity index is 1620. The zero-order chi connectivity index (χ0) is 27.9. The van der Waals surface area contributed by atoms with Crippen molar-refractivity contribution in [3.63, 3.8) is 0 Å². The van der Waals surface area contributed by atoms with Crippen molar-refractivity contribution in [2.75, 3.05) is 7.11 Å². The summed E-state index contributed by atoms with van der Waals surface area (Å²) in [6.07, 6.45) is 1.94. The molecule has 0 saturated heterocycles. The van der Waals surface area contributed by atoms with Gasteiger partial charge in [0.25, 0.3) is 5.56 Å². The van der Waals surface area contributed by atoms with E-state index in [1.165, 1.54) is 37.7 Å². The minimum Gasteiger partial charge on any atom is -0.496 e. The molecule has 2 N–H and O–H groups in total. The van der Waals surface area contributed by atoms with Crippen LogP contribution < -0.4 is 21.3 Å². The van der Waals surface area contributed by atoms with Gasteiger partial charge in [0.1, 0.15) is 33.0 Å². The molecular formula is C26H30FN5O5S. The zero-order valence-electron chi connectivity index (χ0n) is 22.0. The van der Waals surface area contributed by atoms with E-state index >= 15 is 0 Å². The fourth-order valence-corrected chi connectivity index (χ4v) is 5.62. The molecule has 0 aliphatic carbocycles. The van der Waals surface area contributed by atoms with Gasteiger partial charge in [-0.25, -0.2) is 18.4 Å². The number of aliphatic hydroxyl groups is 1. The predicted molar refractivity (Wildman–Crippen MR) is 143 cm³/mol. The van der Waals surface area contributed by atoms with Crippen molar-refractivity contribution in [1.29, 1.82) is 0 Å². The number of hydrogen-bond donors (Lipinski definition) is 2. The summed E-state index contributed by atoms with van der Waals surface area (Å²) < 4.78 is 23.1. The standard InChI is InChI=1S/C26H30FN5O5S/c1-14(2)29-24(35)26(4,5)32-21(34)20-15(3)22(31-11-7-10-28-31)38-23(20)30(25(32)36)13-18(33)17-12-16(27)8-9-19(17)37-6/h7-12,14,18,33H,13H2,1-6H3,(H,29,35)/t18-/m0/s1. The molecule has 1 amide bonds. The highest BCUT2D eigenvalue weighted by atomic mass is 32.1. The number of nitrogens with zero attached hydrogens (tertiary/aromatic N) is 4. The number of aryl methyl sites for hydroxylation is 1. The van der Waals surface area contributed by atoms with E-state index in [4.69, 9.17) is 4.74 Å². The van der Waals surface area contributed by atoms with Crippen molar-refractivity contribution in [2.24, 2.45) is 0 Å². The highest BCUT2D eigenvalue weighted by Crippen LogP contribution is 2.33. The average molecular weight is 544 g/mol. The van der Waals surface area contributed by atoms with Gasteiger partial charge in [-0.1, -0.05) is 11.3 Å². The molecule has 1 atom stereocenters. The van der Waals surface area contributed by atoms with Crippen LogP contribution in [0.3, 0.4) is 0 Å². The molecule has 12 heteroatoms. The molecular weight excluding hydrogens is 513 g/mol. The summed E-state index contributed by atoms with van der Waals surface area (Å²) in [4.78, 5) is 41.2. The van der Waals surface area contributed by atoms with Gasteiger partial charge < -0.3 is 15.2 Å². The van der Waals surface area contributed by atoms with Crippen LogP contribution in [-0.2, 0) is 16.9 Å². The normalized spacial score (nSPS) is 12.8. The van der Waals surface area contributed by atoms with Gasteiger partial charge in [-0.05, 0) is 58.9 Å². The van der Waals surface area contributed by atoms with Crippen LogP contribution in [0.2, 0.25) is 0 Å². The number of methoxy groups -OCH3 is 1. The zero-order valence-corrected chi connectivity index (χ0v) is 22.8. The van der Waals surface area contributed by atoms with E-state index < -0.39 is 34.6 Å². The number of rotatable bonds is 8. The third-order valence-corrected chi connectivity index (χ3v) is 7.64. The Balaban J connectivity index is 2.01. The number of benzene rings is 1. The maximum atomic E-state index is 14.1. The van der Waals surface area contributed by atoms with Crippen LogP contribution in [0, 0.1) is 12.7 Å². The lowest BCUT2D eigenvalue weighted by atomic mass is 10.0. The number of carbonyl (C=O) groups is 1. The molecule has 3 heterocycles. The number of halogens is 1. The fraction of sp³-hybridized carbons (Fsp3) is 0.385. The Morgan fingerprint density at radius 2 is 2.00 bits per heavy atom. The van der Waals surface area contributed by atoms with Gasteiger partial charge in [0.2, 0.25) is 5.91 Å². The van der Waals surface area contributed by atoms with Crippen molar-refractivity contribution in [1.82, 2.24) is 24.2 Å². The third kappa shape index (κ3) is 4.65. The maximum absolute atomic E-state index is 14.1. The second-order valence-electron chi connectivity index (χ2n) is 9.79. The van der Waals surface area contributed by atoms with Crippen molar-refractivity contribution >= 4 is 27.5 Å². The van der Waals surface area contributed by atoms with E-state index in [1.807, 2.05) is 0 Å². The largest absolute Gasteiger partial charge is 0.496 e. The summed E-state index contributed by atoms with van der Waals surface area (Å²) in [5.41, 5.74) is -2.26. The molecule has 0 aliphatic rings. The van der Waals surface area contributed by atoms with Crippen molar-refractivity contribution in [3.05, 3.63) is 74.4 Å². The predicted octanol–water partition coefficient (Wildman–Crippen LogP) is 2.86. The fourth-order valence-electron chi connectivity index (χ4n) is 4.37. The number of hydrogen-bond acceptors (Lipinski definition) is 7. The number of aliphatic hydroxyl groups excluding tert-OH is 1. The Kier molecular flexibility index (Phi) is 7.31. The first-order chi connectivity index (χ1) is 17.9. The minimum absolute atomic E-state index is 0.141. The molecule has 202 valence electrons. The number of aromatic nitrogens is 4. The molecule has 0 spiro atoms. The molecule has 0 radical (unpaired) electrons. The van der Waals surface area contributed by atoms with Crippen molar-refractivity contribution < 1.29 is 19.0 Å². The summed E-state index contributed by atoms with van der Waals surface area (Å²) in [5, 5.41) is 19.0. The van der Waals surface area contributed by atoms with Gasteiger partial charge in [-0.15, -0.1) is 0 Å². The first-order valence-electron chi connectivity index (χ1n) is 12.0. The number of fused-ring (bicyclic) bond motifs is 1. The molecule has 3 aromatic heterocycles. The molecule has 10 nitrogen and oxygen atoms in total. The van der Waals surface area contributed by atoms with E-state index in [0.29, 0.717) is 15.4 Å². The monoisotopic (exact) mass is 543 g/mol. The number of amides is 1. The smallest absolute Gasteiger partial charge is 0.333 e. The van der Waals surface area contributed by atoms with E-state index in [-0.39, 0.29) is 29.3 Å². The van der Waals surface area contributed by atoms with E-state index in [2.05, 4.69) is 10.4 Å². The molecule has 4 aromatic rings. The molecule has 1 aromatic carbocycles. The molecule has 0 saturated carbocycles. The molecule has 0 bridgehead atoms. The Morgan fingerprint density at radius 3 is 2.61 bits per heavy atom. The number of carbonyl (C=O) groups excluding carboxylic acids is 1. The first-order valence-corrected chi connectivity index (χ1v) is 12.8. The van der Waals surface area contributed by atoms with Crippen LogP contribution in [0.5, 0.6) is 5.75 Å². The average Bonchev–Trinajstić information content (AvgIpc) is 3.49. The number of nitrogens with one attached hydrogen (secondary N) is 1. The molecule has 38 heavy (non-hydrogen) atoms. The number of ether oxygens (including phenoxy) is 1. The van der Waals surface area contributed by atoms with Gasteiger partial charge in [-0.3, -0.25) is 14.2 Å². The Morgan fingerprint density at radius 1 is 1.29 bits per heavy atom. The Labute approximate surface area is 221 Å². The third-order valence-electron chi connectivity index (χ3n) is 6.34. The van der Waals surface area contributed by atoms with Crippen LogP contribution in [0.15, 0.2) is 46.2 Å². The second-order valence-corrected chi connectivity index (χ2v) is 10.8. The molecule has 0 aliphatic heterocycles. The van der Waals surface area contributed by atoms with Crippen LogP contribution in [0.4, 0.5) is 4.39 Å². The lowest BCUT2D eigenvalue weighted by molar-refractivity contribution is -0.129. The molecule has 4 rings (SSSR count). The van der Waals surface area contributed by atoms with E-state index in [9.17, 15) is 23.9 Å². The summed E-state index contributed by atoms with van der Waals surface area (Å²) >= 11 is 1.16. The lowest BCUT2D eigenvalue weighted by Crippen LogP contribution is -2.56. The van der Waals surface area contributed by atoms with Gasteiger partial charge in [0, 0.05) is 29.6 Å². The quantitative estimate of drug-likeness (QED) is 0.353.